The van der Waals surface area contributed by atoms with Crippen molar-refractivity contribution in [1.29, 1.82) is 0 Å². The van der Waals surface area contributed by atoms with E-state index in [0.29, 0.717) is 18.0 Å². The molecule has 1 atom stereocenters. The minimum absolute atomic E-state index is 0.207. The maximum absolute atomic E-state index is 10.5. The summed E-state index contributed by atoms with van der Waals surface area (Å²) in [6.07, 6.45) is -0.621. The molecule has 0 aliphatic rings. The lowest BCUT2D eigenvalue weighted by Crippen LogP contribution is -2.44. The number of aliphatic hydroxyl groups is 1. The Balaban J connectivity index is 1.76. The van der Waals surface area contributed by atoms with Crippen LogP contribution in [0.15, 0.2) is 48.5 Å². The Labute approximate surface area is 148 Å². The van der Waals surface area contributed by atoms with Crippen LogP contribution in [0.2, 0.25) is 0 Å². The number of hydrogen-bond acceptors (Lipinski definition) is 3. The Morgan fingerprint density at radius 2 is 1.76 bits per heavy atom. The number of methoxy groups -OCH3 is 1. The van der Waals surface area contributed by atoms with E-state index in [2.05, 4.69) is 35.1 Å². The zero-order valence-corrected chi connectivity index (χ0v) is 15.0. The van der Waals surface area contributed by atoms with Crippen LogP contribution in [0, 0.1) is 6.92 Å². The smallest absolute Gasteiger partial charge is 0.254 e. The molecular formula is C20H25N2O3+. The average Bonchev–Trinajstić information content (AvgIpc) is 2.91. The van der Waals surface area contributed by atoms with Crippen molar-refractivity contribution in [2.45, 2.75) is 33.0 Å². The van der Waals surface area contributed by atoms with Gasteiger partial charge in [0.2, 0.25) is 0 Å². The van der Waals surface area contributed by atoms with Gasteiger partial charge in [-0.25, -0.2) is 9.13 Å². The highest BCUT2D eigenvalue weighted by molar-refractivity contribution is 5.72. The van der Waals surface area contributed by atoms with Crippen molar-refractivity contribution in [3.63, 3.8) is 0 Å². The number of fused-ring (bicyclic) bond motifs is 1. The van der Waals surface area contributed by atoms with Crippen LogP contribution >= 0.6 is 0 Å². The fourth-order valence-electron chi connectivity index (χ4n) is 3.23. The van der Waals surface area contributed by atoms with E-state index < -0.39 is 6.10 Å². The van der Waals surface area contributed by atoms with Crippen molar-refractivity contribution < 1.29 is 19.1 Å². The lowest BCUT2D eigenvalue weighted by atomic mass is 10.3. The molecule has 25 heavy (non-hydrogen) atoms. The van der Waals surface area contributed by atoms with E-state index in [4.69, 9.17) is 9.47 Å². The van der Waals surface area contributed by atoms with Gasteiger partial charge < -0.3 is 14.6 Å². The highest BCUT2D eigenvalue weighted by Crippen LogP contribution is 2.25. The average molecular weight is 341 g/mol. The molecule has 3 rings (SSSR count). The molecular weight excluding hydrogens is 316 g/mol. The second-order valence-corrected chi connectivity index (χ2v) is 6.01. The number of nitrogens with zero attached hydrogens (tertiary/aromatic N) is 2. The predicted molar refractivity (Wildman–Crippen MR) is 97.0 cm³/mol. The normalized spacial score (nSPS) is 12.3. The van der Waals surface area contributed by atoms with Crippen LogP contribution in [0.4, 0.5) is 0 Å². The third-order valence-electron chi connectivity index (χ3n) is 4.45. The van der Waals surface area contributed by atoms with Crippen molar-refractivity contribution in [1.82, 2.24) is 4.57 Å². The largest absolute Gasteiger partial charge is 0.493 e. The molecule has 2 aromatic carbocycles. The molecule has 0 aliphatic carbocycles. The summed E-state index contributed by atoms with van der Waals surface area (Å²) < 4.78 is 15.4. The first-order valence-electron chi connectivity index (χ1n) is 8.57. The summed E-state index contributed by atoms with van der Waals surface area (Å²) in [4.78, 5) is 0. The Bertz CT molecular complexity index is 857. The molecule has 0 saturated carbocycles. The lowest BCUT2D eigenvalue weighted by Gasteiger charge is -2.13. The molecule has 3 aromatic rings. The molecule has 0 unspecified atom stereocenters. The van der Waals surface area contributed by atoms with Crippen molar-refractivity contribution in [3.8, 4) is 11.5 Å². The number of para-hydroxylation sites is 4. The molecule has 0 fully saturated rings. The first-order chi connectivity index (χ1) is 12.2. The third-order valence-corrected chi connectivity index (χ3v) is 4.45. The van der Waals surface area contributed by atoms with Gasteiger partial charge in [-0.3, -0.25) is 0 Å². The van der Waals surface area contributed by atoms with Crippen LogP contribution in [0.5, 0.6) is 11.5 Å². The van der Waals surface area contributed by atoms with Crippen LogP contribution in [0.25, 0.3) is 11.0 Å². The highest BCUT2D eigenvalue weighted by atomic mass is 16.5. The Kier molecular flexibility index (Phi) is 5.24. The summed E-state index contributed by atoms with van der Waals surface area (Å²) in [6, 6.07) is 15.7. The first kappa shape index (κ1) is 17.3. The van der Waals surface area contributed by atoms with Gasteiger partial charge in [0.25, 0.3) is 5.82 Å². The van der Waals surface area contributed by atoms with Gasteiger partial charge in [-0.1, -0.05) is 24.3 Å². The van der Waals surface area contributed by atoms with Gasteiger partial charge >= 0.3 is 0 Å². The number of aliphatic hydroxyl groups excluding tert-OH is 1. The minimum atomic E-state index is -0.621. The number of ether oxygens (including phenoxy) is 2. The van der Waals surface area contributed by atoms with E-state index in [0.717, 1.165) is 17.9 Å². The zero-order valence-electron chi connectivity index (χ0n) is 15.0. The topological polar surface area (TPSA) is 47.5 Å². The Hall–Kier alpha value is -2.53. The van der Waals surface area contributed by atoms with Crippen LogP contribution in [-0.2, 0) is 13.1 Å². The number of benzene rings is 2. The van der Waals surface area contributed by atoms with Gasteiger partial charge in [-0.2, -0.15) is 0 Å². The van der Waals surface area contributed by atoms with E-state index in [1.165, 1.54) is 5.52 Å². The molecule has 5 heteroatoms. The van der Waals surface area contributed by atoms with Gasteiger partial charge in [-0.05, 0) is 31.2 Å². The lowest BCUT2D eigenvalue weighted by molar-refractivity contribution is -0.685. The molecule has 0 bridgehead atoms. The van der Waals surface area contributed by atoms with Crippen LogP contribution in [0.1, 0.15) is 12.7 Å². The third kappa shape index (κ3) is 3.46. The molecule has 1 heterocycles. The number of imidazole rings is 1. The molecule has 132 valence electrons. The van der Waals surface area contributed by atoms with E-state index >= 15 is 0 Å². The molecule has 0 spiro atoms. The molecule has 0 saturated heterocycles. The Morgan fingerprint density at radius 1 is 1.08 bits per heavy atom. The number of rotatable bonds is 7. The van der Waals surface area contributed by atoms with Crippen molar-refractivity contribution in [2.75, 3.05) is 13.7 Å². The van der Waals surface area contributed by atoms with Crippen LogP contribution in [-0.4, -0.2) is 29.5 Å². The molecule has 0 aliphatic heterocycles. The second-order valence-electron chi connectivity index (χ2n) is 6.01. The van der Waals surface area contributed by atoms with Crippen molar-refractivity contribution in [3.05, 3.63) is 54.4 Å². The predicted octanol–water partition coefficient (Wildman–Crippen LogP) is 2.71. The van der Waals surface area contributed by atoms with Gasteiger partial charge in [0, 0.05) is 6.92 Å². The molecule has 5 nitrogen and oxygen atoms in total. The number of hydrogen-bond donors (Lipinski definition) is 1. The summed E-state index contributed by atoms with van der Waals surface area (Å²) in [5, 5.41) is 10.5. The van der Waals surface area contributed by atoms with Crippen LogP contribution in [0.3, 0.4) is 0 Å². The van der Waals surface area contributed by atoms with Gasteiger partial charge in [0.1, 0.15) is 19.3 Å². The summed E-state index contributed by atoms with van der Waals surface area (Å²) in [6.45, 7) is 5.79. The minimum Gasteiger partial charge on any atom is -0.493 e. The van der Waals surface area contributed by atoms with Gasteiger partial charge in [0.15, 0.2) is 22.5 Å². The fourth-order valence-corrected chi connectivity index (χ4v) is 3.23. The molecule has 0 amide bonds. The van der Waals surface area contributed by atoms with E-state index in [1.54, 1.807) is 7.11 Å². The maximum Gasteiger partial charge on any atom is 0.254 e. The van der Waals surface area contributed by atoms with E-state index in [1.807, 2.05) is 36.4 Å². The SMILES string of the molecule is CCn1c(C)[n+](C[C@@H](O)COc2ccccc2OC)c2ccccc21. The second kappa shape index (κ2) is 7.57. The highest BCUT2D eigenvalue weighted by Gasteiger charge is 2.22. The summed E-state index contributed by atoms with van der Waals surface area (Å²) in [7, 11) is 1.61. The monoisotopic (exact) mass is 341 g/mol. The number of aromatic nitrogens is 2. The molecule has 1 N–H and O–H groups in total. The van der Waals surface area contributed by atoms with E-state index in [9.17, 15) is 5.11 Å². The fraction of sp³-hybridized carbons (Fsp3) is 0.350. The standard InChI is InChI=1S/C20H25N2O3/c1-4-21-15(2)22(18-10-6-5-9-17(18)21)13-16(23)14-25-20-12-8-7-11-19(20)24-3/h5-12,16,23H,4,13-14H2,1-3H3/q+1/t16-/m1/s1. The van der Waals surface area contributed by atoms with Crippen molar-refractivity contribution in [2.24, 2.45) is 0 Å². The quantitative estimate of drug-likeness (QED) is 0.672. The first-order valence-corrected chi connectivity index (χ1v) is 8.57. The molecule has 0 radical (unpaired) electrons. The van der Waals surface area contributed by atoms with Crippen LogP contribution < -0.4 is 14.0 Å². The van der Waals surface area contributed by atoms with Gasteiger partial charge in [-0.15, -0.1) is 0 Å². The van der Waals surface area contributed by atoms with Crippen molar-refractivity contribution >= 4 is 11.0 Å². The van der Waals surface area contributed by atoms with E-state index in [-0.39, 0.29) is 6.61 Å². The Morgan fingerprint density at radius 3 is 2.48 bits per heavy atom. The molecule has 1 aromatic heterocycles. The summed E-state index contributed by atoms with van der Waals surface area (Å²) in [5.74, 6) is 2.43. The number of aryl methyl sites for hydroxylation is 1. The maximum atomic E-state index is 10.5. The summed E-state index contributed by atoms with van der Waals surface area (Å²) in [5.41, 5.74) is 2.30. The zero-order chi connectivity index (χ0) is 17.8. The van der Waals surface area contributed by atoms with Gasteiger partial charge in [0.05, 0.1) is 13.7 Å². The summed E-state index contributed by atoms with van der Waals surface area (Å²) >= 11 is 0.